The van der Waals surface area contributed by atoms with Crippen molar-refractivity contribution in [1.82, 2.24) is 9.80 Å². The van der Waals surface area contributed by atoms with Gasteiger partial charge in [-0.2, -0.15) is 0 Å². The van der Waals surface area contributed by atoms with Crippen LogP contribution in [0.5, 0.6) is 17.2 Å². The number of likely N-dealkylation sites (N-methyl/N-ethyl adjacent to an activating group) is 1. The first-order valence-corrected chi connectivity index (χ1v) is 11.5. The van der Waals surface area contributed by atoms with Crippen molar-refractivity contribution in [2.75, 3.05) is 51.5 Å². The lowest BCUT2D eigenvalue weighted by atomic mass is 9.85. The molecule has 32 heavy (non-hydrogen) atoms. The molecule has 0 saturated carbocycles. The van der Waals surface area contributed by atoms with Crippen molar-refractivity contribution in [1.29, 1.82) is 0 Å². The Labute approximate surface area is 189 Å². The lowest BCUT2D eigenvalue weighted by molar-refractivity contribution is -0.132. The molecule has 2 saturated heterocycles. The molecular formula is C25H31N3O4. The summed E-state index contributed by atoms with van der Waals surface area (Å²) < 4.78 is 18.0. The third-order valence-corrected chi connectivity index (χ3v) is 6.78. The van der Waals surface area contributed by atoms with Gasteiger partial charge in [-0.15, -0.1) is 0 Å². The van der Waals surface area contributed by atoms with Crippen LogP contribution < -0.4 is 19.1 Å². The zero-order chi connectivity index (χ0) is 22.1. The third kappa shape index (κ3) is 3.64. The summed E-state index contributed by atoms with van der Waals surface area (Å²) in [6, 6.07) is 16.0. The summed E-state index contributed by atoms with van der Waals surface area (Å²) in [5.74, 6) is 2.39. The van der Waals surface area contributed by atoms with Crippen LogP contribution in [0.2, 0.25) is 0 Å². The van der Waals surface area contributed by atoms with Crippen LogP contribution in [0.1, 0.15) is 19.8 Å². The van der Waals surface area contributed by atoms with E-state index in [2.05, 4.69) is 21.9 Å². The van der Waals surface area contributed by atoms with Gasteiger partial charge in [-0.05, 0) is 44.0 Å². The molecule has 3 heterocycles. The largest absolute Gasteiger partial charge is 0.490 e. The van der Waals surface area contributed by atoms with E-state index in [0.717, 1.165) is 49.7 Å². The van der Waals surface area contributed by atoms with Crippen LogP contribution in [0.4, 0.5) is 5.69 Å². The molecule has 1 spiro atoms. The monoisotopic (exact) mass is 437 g/mol. The Morgan fingerprint density at radius 1 is 1.09 bits per heavy atom. The second-order valence-electron chi connectivity index (χ2n) is 8.81. The molecule has 1 amide bonds. The second kappa shape index (κ2) is 8.54. The van der Waals surface area contributed by atoms with Gasteiger partial charge in [0.1, 0.15) is 18.2 Å². The van der Waals surface area contributed by atoms with Crippen LogP contribution in [0, 0.1) is 0 Å². The fourth-order valence-electron chi connectivity index (χ4n) is 5.16. The van der Waals surface area contributed by atoms with E-state index < -0.39 is 5.54 Å². The zero-order valence-corrected chi connectivity index (χ0v) is 18.8. The number of rotatable bonds is 5. The molecule has 3 aliphatic rings. The minimum atomic E-state index is -0.453. The Balaban J connectivity index is 1.26. The van der Waals surface area contributed by atoms with Crippen molar-refractivity contribution in [3.05, 3.63) is 48.5 Å². The van der Waals surface area contributed by atoms with Crippen LogP contribution in [-0.2, 0) is 4.79 Å². The third-order valence-electron chi connectivity index (χ3n) is 6.78. The van der Waals surface area contributed by atoms with Gasteiger partial charge in [0.05, 0.1) is 13.3 Å². The number of hydrogen-bond acceptors (Lipinski definition) is 6. The number of piperidine rings is 1. The highest BCUT2D eigenvalue weighted by Crippen LogP contribution is 2.41. The molecule has 7 heteroatoms. The number of benzene rings is 2. The Morgan fingerprint density at radius 2 is 1.88 bits per heavy atom. The Morgan fingerprint density at radius 3 is 2.62 bits per heavy atom. The molecule has 2 aromatic rings. The van der Waals surface area contributed by atoms with Gasteiger partial charge in [-0.1, -0.05) is 24.3 Å². The second-order valence-corrected chi connectivity index (χ2v) is 8.81. The van der Waals surface area contributed by atoms with Crippen molar-refractivity contribution in [2.45, 2.75) is 31.4 Å². The van der Waals surface area contributed by atoms with Crippen LogP contribution in [-0.4, -0.2) is 73.9 Å². The van der Waals surface area contributed by atoms with Crippen molar-refractivity contribution in [3.63, 3.8) is 0 Å². The molecule has 0 bridgehead atoms. The summed E-state index contributed by atoms with van der Waals surface area (Å²) in [5, 5.41) is 0. The first-order valence-electron chi connectivity index (χ1n) is 11.5. The summed E-state index contributed by atoms with van der Waals surface area (Å²) in [7, 11) is 1.90. The number of fused-ring (bicyclic) bond motifs is 1. The molecule has 5 rings (SSSR count). The minimum absolute atomic E-state index is 0.0645. The number of carbonyl (C=O) groups excluding carboxylic acids is 1. The zero-order valence-electron chi connectivity index (χ0n) is 18.8. The van der Waals surface area contributed by atoms with Gasteiger partial charge < -0.3 is 24.0 Å². The predicted octanol–water partition coefficient (Wildman–Crippen LogP) is 3.00. The molecule has 3 aliphatic heterocycles. The lowest BCUT2D eigenvalue weighted by Gasteiger charge is -2.44. The molecule has 1 unspecified atom stereocenters. The number of hydrogen-bond donors (Lipinski definition) is 0. The molecule has 1 atom stereocenters. The number of amides is 1. The Hall–Kier alpha value is -2.93. The van der Waals surface area contributed by atoms with Crippen molar-refractivity contribution >= 4 is 11.6 Å². The highest BCUT2D eigenvalue weighted by molar-refractivity contribution is 5.93. The van der Waals surface area contributed by atoms with Gasteiger partial charge >= 0.3 is 0 Å². The average molecular weight is 438 g/mol. The van der Waals surface area contributed by atoms with Gasteiger partial charge in [0, 0.05) is 32.4 Å². The van der Waals surface area contributed by atoms with E-state index in [0.29, 0.717) is 25.6 Å². The van der Waals surface area contributed by atoms with E-state index in [1.54, 1.807) is 0 Å². The fraction of sp³-hybridized carbons (Fsp3) is 0.480. The predicted molar refractivity (Wildman–Crippen MR) is 122 cm³/mol. The molecule has 0 radical (unpaired) electrons. The lowest BCUT2D eigenvalue weighted by Crippen LogP contribution is -2.57. The van der Waals surface area contributed by atoms with Crippen LogP contribution in [0.15, 0.2) is 48.5 Å². The van der Waals surface area contributed by atoms with Gasteiger partial charge in [0.2, 0.25) is 11.7 Å². The molecule has 7 nitrogen and oxygen atoms in total. The van der Waals surface area contributed by atoms with Crippen molar-refractivity contribution < 1.29 is 19.0 Å². The van der Waals surface area contributed by atoms with E-state index in [4.69, 9.17) is 14.2 Å². The van der Waals surface area contributed by atoms with Crippen LogP contribution in [0.3, 0.4) is 0 Å². The van der Waals surface area contributed by atoms with Crippen molar-refractivity contribution in [3.8, 4) is 17.2 Å². The topological polar surface area (TPSA) is 54.5 Å². The molecule has 2 aromatic carbocycles. The molecule has 0 aliphatic carbocycles. The minimum Gasteiger partial charge on any atom is -0.490 e. The summed E-state index contributed by atoms with van der Waals surface area (Å²) in [4.78, 5) is 19.7. The number of anilines is 1. The number of likely N-dealkylation sites (tertiary alicyclic amines) is 1. The molecule has 0 aromatic heterocycles. The van der Waals surface area contributed by atoms with E-state index in [1.165, 1.54) is 0 Å². The maximum Gasteiger partial charge on any atom is 0.249 e. The first-order chi connectivity index (χ1) is 15.6. The summed E-state index contributed by atoms with van der Waals surface area (Å²) in [6.07, 6.45) is 1.55. The highest BCUT2D eigenvalue weighted by atomic mass is 16.6. The standard InChI is InChI=1S/C25H31N3O4/c1-3-30-21-10-7-11-22-23(21)32-20(17-31-22)16-27-14-12-25(13-15-27)24(29)26(2)18-28(25)19-8-5-4-6-9-19/h4-11,20H,3,12-18H2,1-2H3. The van der Waals surface area contributed by atoms with Gasteiger partial charge in [0.15, 0.2) is 11.5 Å². The summed E-state index contributed by atoms with van der Waals surface area (Å²) in [6.45, 7) is 6.17. The van der Waals surface area contributed by atoms with Crippen LogP contribution >= 0.6 is 0 Å². The number of nitrogens with zero attached hydrogens (tertiary/aromatic N) is 3. The number of ether oxygens (including phenoxy) is 3. The Bertz CT molecular complexity index is 959. The fourth-order valence-corrected chi connectivity index (χ4v) is 5.16. The van der Waals surface area contributed by atoms with Crippen molar-refractivity contribution in [2.24, 2.45) is 0 Å². The molecule has 0 N–H and O–H groups in total. The summed E-state index contributed by atoms with van der Waals surface area (Å²) >= 11 is 0. The molecule has 2 fully saturated rings. The highest BCUT2D eigenvalue weighted by Gasteiger charge is 2.52. The normalized spacial score (nSPS) is 22.4. The Kier molecular flexibility index (Phi) is 5.59. The number of para-hydroxylation sites is 2. The van der Waals surface area contributed by atoms with E-state index in [9.17, 15) is 4.79 Å². The SMILES string of the molecule is CCOc1cccc2c1OC(CN1CCC3(CC1)C(=O)N(C)CN3c1ccccc1)CO2. The van der Waals surface area contributed by atoms with E-state index in [-0.39, 0.29) is 12.0 Å². The van der Waals surface area contributed by atoms with E-state index in [1.807, 2.05) is 55.3 Å². The quantitative estimate of drug-likeness (QED) is 0.717. The summed E-state index contributed by atoms with van der Waals surface area (Å²) in [5.41, 5.74) is 0.661. The maximum absolute atomic E-state index is 13.2. The molecular weight excluding hydrogens is 406 g/mol. The smallest absolute Gasteiger partial charge is 0.249 e. The number of carbonyl (C=O) groups is 1. The molecule has 170 valence electrons. The first kappa shape index (κ1) is 20.9. The van der Waals surface area contributed by atoms with Gasteiger partial charge in [-0.3, -0.25) is 9.69 Å². The van der Waals surface area contributed by atoms with Crippen LogP contribution in [0.25, 0.3) is 0 Å². The van der Waals surface area contributed by atoms with E-state index >= 15 is 0 Å². The maximum atomic E-state index is 13.2. The average Bonchev–Trinajstić information content (AvgIpc) is 3.07. The van der Waals surface area contributed by atoms with Gasteiger partial charge in [-0.25, -0.2) is 0 Å². The van der Waals surface area contributed by atoms with Gasteiger partial charge in [0.25, 0.3) is 0 Å².